The van der Waals surface area contributed by atoms with E-state index in [4.69, 9.17) is 4.74 Å². The van der Waals surface area contributed by atoms with Gasteiger partial charge in [0.25, 0.3) is 0 Å². The Morgan fingerprint density at radius 1 is 1.35 bits per heavy atom. The van der Waals surface area contributed by atoms with E-state index in [0.29, 0.717) is 13.0 Å². The van der Waals surface area contributed by atoms with Gasteiger partial charge in [0.2, 0.25) is 5.91 Å². The normalized spacial score (nSPS) is 11.2. The van der Waals surface area contributed by atoms with Gasteiger partial charge in [-0.25, -0.2) is 0 Å². The molecule has 1 rings (SSSR count). The Balaban J connectivity index is 3.02. The second kappa shape index (κ2) is 7.14. The van der Waals surface area contributed by atoms with Crippen molar-refractivity contribution >= 4 is 11.6 Å². The quantitative estimate of drug-likeness (QED) is 0.876. The van der Waals surface area contributed by atoms with E-state index in [0.717, 1.165) is 12.1 Å². The summed E-state index contributed by atoms with van der Waals surface area (Å²) in [7, 11) is 1.32. The number of carbonyl (C=O) groups is 1. The average Bonchev–Trinajstić information content (AvgIpc) is 2.36. The second-order valence-corrected chi connectivity index (χ2v) is 4.04. The fourth-order valence-corrected chi connectivity index (χ4v) is 1.46. The van der Waals surface area contributed by atoms with E-state index >= 15 is 0 Å². The third-order valence-electron chi connectivity index (χ3n) is 2.32. The van der Waals surface area contributed by atoms with E-state index in [1.807, 2.05) is 6.92 Å². The van der Waals surface area contributed by atoms with E-state index in [9.17, 15) is 18.0 Å². The Morgan fingerprint density at radius 3 is 2.60 bits per heavy atom. The van der Waals surface area contributed by atoms with Crippen LogP contribution < -0.4 is 10.1 Å². The summed E-state index contributed by atoms with van der Waals surface area (Å²) in [5.74, 6) is -0.350. The van der Waals surface area contributed by atoms with E-state index in [2.05, 4.69) is 10.1 Å². The first-order chi connectivity index (χ1) is 9.38. The topological polar surface area (TPSA) is 47.6 Å². The molecule has 0 fully saturated rings. The Labute approximate surface area is 114 Å². The van der Waals surface area contributed by atoms with Gasteiger partial charge in [-0.15, -0.1) is 0 Å². The van der Waals surface area contributed by atoms with Gasteiger partial charge in [-0.1, -0.05) is 6.92 Å². The van der Waals surface area contributed by atoms with Crippen LogP contribution in [-0.2, 0) is 15.7 Å². The van der Waals surface area contributed by atoms with Gasteiger partial charge in [0.05, 0.1) is 17.9 Å². The number of ether oxygens (including phenoxy) is 2. The highest BCUT2D eigenvalue weighted by atomic mass is 19.4. The molecular weight excluding hydrogens is 275 g/mol. The van der Waals surface area contributed by atoms with Crippen LogP contribution in [0.3, 0.4) is 0 Å². The van der Waals surface area contributed by atoms with Crippen molar-refractivity contribution in [2.75, 3.05) is 25.6 Å². The molecule has 0 aliphatic rings. The van der Waals surface area contributed by atoms with Crippen LogP contribution in [0.25, 0.3) is 0 Å². The van der Waals surface area contributed by atoms with Crippen molar-refractivity contribution in [3.8, 4) is 5.75 Å². The van der Waals surface area contributed by atoms with Crippen molar-refractivity contribution in [3.05, 3.63) is 23.8 Å². The standard InChI is InChI=1S/C13H16F3NO3/c1-3-6-20-11-5-4-9(13(14,15)16)7-10(11)17-12(18)8-19-2/h4-5,7H,3,6,8H2,1-2H3,(H,17,18). The van der Waals surface area contributed by atoms with Crippen molar-refractivity contribution < 1.29 is 27.4 Å². The summed E-state index contributed by atoms with van der Waals surface area (Å²) in [5, 5.41) is 2.34. The minimum Gasteiger partial charge on any atom is -0.491 e. The summed E-state index contributed by atoms with van der Waals surface area (Å²) in [6.07, 6.45) is -3.78. The van der Waals surface area contributed by atoms with Crippen LogP contribution >= 0.6 is 0 Å². The molecule has 0 spiro atoms. The fourth-order valence-electron chi connectivity index (χ4n) is 1.46. The minimum absolute atomic E-state index is 0.0182. The fraction of sp³-hybridized carbons (Fsp3) is 0.462. The number of carbonyl (C=O) groups excluding carboxylic acids is 1. The SMILES string of the molecule is CCCOc1ccc(C(F)(F)F)cc1NC(=O)COC. The number of halogens is 3. The number of benzene rings is 1. The molecule has 0 aliphatic carbocycles. The molecule has 7 heteroatoms. The number of amides is 1. The Bertz CT molecular complexity index is 461. The molecule has 4 nitrogen and oxygen atoms in total. The molecule has 0 heterocycles. The Kier molecular flexibility index (Phi) is 5.82. The van der Waals surface area contributed by atoms with E-state index < -0.39 is 17.6 Å². The maximum atomic E-state index is 12.7. The highest BCUT2D eigenvalue weighted by Crippen LogP contribution is 2.35. The van der Waals surface area contributed by atoms with E-state index in [1.165, 1.54) is 13.2 Å². The molecule has 0 aromatic heterocycles. The molecule has 1 amide bonds. The highest BCUT2D eigenvalue weighted by molar-refractivity contribution is 5.93. The summed E-state index contributed by atoms with van der Waals surface area (Å²) in [4.78, 5) is 11.4. The number of hydrogen-bond acceptors (Lipinski definition) is 3. The zero-order valence-electron chi connectivity index (χ0n) is 11.2. The maximum Gasteiger partial charge on any atom is 0.416 e. The van der Waals surface area contributed by atoms with Gasteiger partial charge < -0.3 is 14.8 Å². The zero-order chi connectivity index (χ0) is 15.2. The molecule has 0 bridgehead atoms. The van der Waals surface area contributed by atoms with Gasteiger partial charge in [0, 0.05) is 7.11 Å². The highest BCUT2D eigenvalue weighted by Gasteiger charge is 2.31. The van der Waals surface area contributed by atoms with Crippen molar-refractivity contribution in [3.63, 3.8) is 0 Å². The lowest BCUT2D eigenvalue weighted by Crippen LogP contribution is -2.18. The molecule has 0 aliphatic heterocycles. The van der Waals surface area contributed by atoms with Crippen molar-refractivity contribution in [1.82, 2.24) is 0 Å². The number of nitrogens with one attached hydrogen (secondary N) is 1. The molecule has 0 saturated carbocycles. The minimum atomic E-state index is -4.48. The number of alkyl halides is 3. The van der Waals surface area contributed by atoms with Gasteiger partial charge in [-0.05, 0) is 24.6 Å². The smallest absolute Gasteiger partial charge is 0.416 e. The van der Waals surface area contributed by atoms with Crippen LogP contribution in [0.1, 0.15) is 18.9 Å². The number of rotatable bonds is 6. The third kappa shape index (κ3) is 4.73. The lowest BCUT2D eigenvalue weighted by molar-refractivity contribution is -0.137. The number of anilines is 1. The van der Waals surface area contributed by atoms with Crippen LogP contribution in [-0.4, -0.2) is 26.2 Å². The molecule has 112 valence electrons. The Morgan fingerprint density at radius 2 is 2.05 bits per heavy atom. The summed E-state index contributed by atoms with van der Waals surface area (Å²) in [6, 6.07) is 2.95. The van der Waals surface area contributed by atoms with Crippen LogP contribution in [0.4, 0.5) is 18.9 Å². The first-order valence-electron chi connectivity index (χ1n) is 6.01. The van der Waals surface area contributed by atoms with E-state index in [1.54, 1.807) is 0 Å². The third-order valence-corrected chi connectivity index (χ3v) is 2.32. The molecule has 0 radical (unpaired) electrons. The van der Waals surface area contributed by atoms with Crippen molar-refractivity contribution in [2.24, 2.45) is 0 Å². The first kappa shape index (κ1) is 16.3. The molecular formula is C13H16F3NO3. The zero-order valence-corrected chi connectivity index (χ0v) is 11.2. The molecule has 20 heavy (non-hydrogen) atoms. The second-order valence-electron chi connectivity index (χ2n) is 4.04. The molecule has 1 N–H and O–H groups in total. The van der Waals surface area contributed by atoms with Crippen molar-refractivity contribution in [2.45, 2.75) is 19.5 Å². The monoisotopic (exact) mass is 291 g/mol. The van der Waals surface area contributed by atoms with E-state index in [-0.39, 0.29) is 18.0 Å². The average molecular weight is 291 g/mol. The first-order valence-corrected chi connectivity index (χ1v) is 6.01. The molecule has 1 aromatic rings. The lowest BCUT2D eigenvalue weighted by Gasteiger charge is -2.15. The predicted molar refractivity (Wildman–Crippen MR) is 67.7 cm³/mol. The van der Waals surface area contributed by atoms with Crippen LogP contribution in [0.5, 0.6) is 5.75 Å². The summed E-state index contributed by atoms with van der Waals surface area (Å²) >= 11 is 0. The number of methoxy groups -OCH3 is 1. The van der Waals surface area contributed by atoms with Gasteiger partial charge in [0.1, 0.15) is 12.4 Å². The summed E-state index contributed by atoms with van der Waals surface area (Å²) in [5.41, 5.74) is -0.871. The van der Waals surface area contributed by atoms with Gasteiger partial charge >= 0.3 is 6.18 Å². The molecule has 1 aromatic carbocycles. The van der Waals surface area contributed by atoms with Gasteiger partial charge in [-0.3, -0.25) is 4.79 Å². The molecule has 0 saturated heterocycles. The molecule has 0 atom stereocenters. The van der Waals surface area contributed by atoms with Gasteiger partial charge in [0.15, 0.2) is 0 Å². The van der Waals surface area contributed by atoms with Gasteiger partial charge in [-0.2, -0.15) is 13.2 Å². The predicted octanol–water partition coefficient (Wildman–Crippen LogP) is 3.08. The summed E-state index contributed by atoms with van der Waals surface area (Å²) in [6.45, 7) is 1.97. The van der Waals surface area contributed by atoms with Crippen LogP contribution in [0.2, 0.25) is 0 Å². The van der Waals surface area contributed by atoms with Crippen LogP contribution in [0.15, 0.2) is 18.2 Å². The van der Waals surface area contributed by atoms with Crippen molar-refractivity contribution in [1.29, 1.82) is 0 Å². The summed E-state index contributed by atoms with van der Waals surface area (Å²) < 4.78 is 47.9. The molecule has 0 unspecified atom stereocenters. The Hall–Kier alpha value is -1.76. The largest absolute Gasteiger partial charge is 0.491 e. The lowest BCUT2D eigenvalue weighted by atomic mass is 10.1. The maximum absolute atomic E-state index is 12.7. The number of hydrogen-bond donors (Lipinski definition) is 1. The van der Waals surface area contributed by atoms with Crippen LogP contribution in [0, 0.1) is 0 Å².